The number of nitrogens with zero attached hydrogens (tertiary/aromatic N) is 6. The molecule has 1 aromatic carbocycles. The molecular formula is C21H26N6O2. The fourth-order valence-corrected chi connectivity index (χ4v) is 3.65. The summed E-state index contributed by atoms with van der Waals surface area (Å²) in [6.07, 6.45) is 1.92. The summed E-state index contributed by atoms with van der Waals surface area (Å²) in [7, 11) is 5.70. The number of likely N-dealkylation sites (N-methyl/N-ethyl adjacent to an activating group) is 1. The summed E-state index contributed by atoms with van der Waals surface area (Å²) >= 11 is 0. The van der Waals surface area contributed by atoms with Gasteiger partial charge >= 0.3 is 5.69 Å². The van der Waals surface area contributed by atoms with Crippen LogP contribution in [0.4, 0.5) is 0 Å². The number of aromatic nitrogens is 5. The Morgan fingerprint density at radius 3 is 2.38 bits per heavy atom. The van der Waals surface area contributed by atoms with E-state index in [4.69, 9.17) is 0 Å². The molecule has 0 spiro atoms. The van der Waals surface area contributed by atoms with Crippen molar-refractivity contribution in [1.29, 1.82) is 0 Å². The first-order chi connectivity index (χ1) is 13.8. The Labute approximate surface area is 168 Å². The van der Waals surface area contributed by atoms with Crippen LogP contribution in [0.2, 0.25) is 0 Å². The summed E-state index contributed by atoms with van der Waals surface area (Å²) in [5.74, 6) is 0.680. The lowest BCUT2D eigenvalue weighted by atomic mass is 10.1. The van der Waals surface area contributed by atoms with Crippen LogP contribution in [0.1, 0.15) is 16.8 Å². The molecule has 0 saturated heterocycles. The Bertz CT molecular complexity index is 1320. The molecule has 3 heterocycles. The van der Waals surface area contributed by atoms with E-state index >= 15 is 0 Å². The van der Waals surface area contributed by atoms with Crippen molar-refractivity contribution in [3.8, 4) is 0 Å². The molecule has 152 valence electrons. The van der Waals surface area contributed by atoms with E-state index in [9.17, 15) is 9.59 Å². The normalized spacial score (nSPS) is 11.9. The van der Waals surface area contributed by atoms with E-state index in [1.165, 1.54) is 9.13 Å². The van der Waals surface area contributed by atoms with Gasteiger partial charge in [-0.3, -0.25) is 18.3 Å². The average Bonchev–Trinajstić information content (AvgIpc) is 3.18. The Morgan fingerprint density at radius 2 is 1.72 bits per heavy atom. The van der Waals surface area contributed by atoms with Crippen molar-refractivity contribution in [1.82, 2.24) is 28.0 Å². The molecule has 0 unspecified atom stereocenters. The number of aryl methyl sites for hydroxylation is 3. The molecule has 8 heteroatoms. The minimum absolute atomic E-state index is 0.231. The molecule has 0 bridgehead atoms. The first-order valence-electron chi connectivity index (χ1n) is 9.66. The zero-order valence-electron chi connectivity index (χ0n) is 17.5. The van der Waals surface area contributed by atoms with Crippen LogP contribution in [0, 0.1) is 13.8 Å². The van der Waals surface area contributed by atoms with E-state index in [2.05, 4.69) is 14.5 Å². The van der Waals surface area contributed by atoms with Crippen LogP contribution in [0.25, 0.3) is 16.9 Å². The van der Waals surface area contributed by atoms with Gasteiger partial charge in [-0.2, -0.15) is 4.98 Å². The molecule has 29 heavy (non-hydrogen) atoms. The van der Waals surface area contributed by atoms with Gasteiger partial charge in [-0.1, -0.05) is 29.8 Å². The average molecular weight is 394 g/mol. The molecular weight excluding hydrogens is 368 g/mol. The molecule has 0 amide bonds. The molecule has 0 radical (unpaired) electrons. The first-order valence-corrected chi connectivity index (χ1v) is 9.66. The Kier molecular flexibility index (Phi) is 4.66. The van der Waals surface area contributed by atoms with Crippen LogP contribution < -0.4 is 11.2 Å². The van der Waals surface area contributed by atoms with Gasteiger partial charge in [-0.25, -0.2) is 4.79 Å². The van der Waals surface area contributed by atoms with Crippen molar-refractivity contribution in [2.24, 2.45) is 7.05 Å². The van der Waals surface area contributed by atoms with Crippen molar-refractivity contribution < 1.29 is 0 Å². The highest BCUT2D eigenvalue weighted by molar-refractivity contribution is 5.75. The van der Waals surface area contributed by atoms with Crippen LogP contribution in [-0.4, -0.2) is 48.6 Å². The third-order valence-corrected chi connectivity index (χ3v) is 5.37. The number of imidazole rings is 2. The van der Waals surface area contributed by atoms with E-state index in [1.807, 2.05) is 62.8 Å². The Balaban J connectivity index is 1.92. The second-order valence-corrected chi connectivity index (χ2v) is 7.90. The molecule has 0 aliphatic carbocycles. The molecule has 0 saturated carbocycles. The van der Waals surface area contributed by atoms with Gasteiger partial charge in [0.05, 0.1) is 6.54 Å². The fraction of sp³-hybridized carbons (Fsp3) is 0.381. The van der Waals surface area contributed by atoms with Crippen molar-refractivity contribution in [2.45, 2.75) is 26.9 Å². The first kappa shape index (κ1) is 19.2. The summed E-state index contributed by atoms with van der Waals surface area (Å²) in [5, 5.41) is 0. The van der Waals surface area contributed by atoms with Crippen LogP contribution in [0.5, 0.6) is 0 Å². The lowest BCUT2D eigenvalue weighted by Crippen LogP contribution is -2.39. The molecule has 0 aliphatic heterocycles. The van der Waals surface area contributed by atoms with Gasteiger partial charge in [0.2, 0.25) is 5.78 Å². The smallest absolute Gasteiger partial charge is 0.313 e. The molecule has 0 aliphatic rings. The fourth-order valence-electron chi connectivity index (χ4n) is 3.65. The van der Waals surface area contributed by atoms with Gasteiger partial charge in [0.25, 0.3) is 5.56 Å². The van der Waals surface area contributed by atoms with Gasteiger partial charge in [0, 0.05) is 32.0 Å². The highest BCUT2D eigenvalue weighted by Crippen LogP contribution is 2.16. The minimum atomic E-state index is -0.361. The maximum atomic E-state index is 13.3. The Hall–Kier alpha value is -3.13. The quantitative estimate of drug-likeness (QED) is 0.513. The van der Waals surface area contributed by atoms with Crippen LogP contribution in [0.15, 0.2) is 40.1 Å². The maximum Gasteiger partial charge on any atom is 0.332 e. The van der Waals surface area contributed by atoms with Gasteiger partial charge in [-0.15, -0.1) is 0 Å². The highest BCUT2D eigenvalue weighted by atomic mass is 16.2. The third kappa shape index (κ3) is 3.19. The topological polar surface area (TPSA) is 69.5 Å². The van der Waals surface area contributed by atoms with Crippen molar-refractivity contribution in [2.75, 3.05) is 20.6 Å². The SMILES string of the molecule is Cc1ccc(Cn2c(=O)c3c(nc4n(CCN(C)C)c(C)cn34)n(C)c2=O)cc1. The molecule has 0 atom stereocenters. The van der Waals surface area contributed by atoms with Crippen LogP contribution in [-0.2, 0) is 20.1 Å². The molecule has 4 rings (SSSR count). The number of fused-ring (bicyclic) bond motifs is 3. The van der Waals surface area contributed by atoms with Crippen molar-refractivity contribution in [3.63, 3.8) is 0 Å². The molecule has 0 N–H and O–H groups in total. The summed E-state index contributed by atoms with van der Waals surface area (Å²) in [4.78, 5) is 33.0. The summed E-state index contributed by atoms with van der Waals surface area (Å²) < 4.78 is 6.64. The standard InChI is InChI=1S/C21H26N6O2/c1-14-6-8-16(9-7-14)13-27-19(28)17-18(24(5)21(27)29)22-20-25(11-10-23(3)4)15(2)12-26(17)20/h6-9,12H,10-11,13H2,1-5H3. The third-order valence-electron chi connectivity index (χ3n) is 5.37. The second-order valence-electron chi connectivity index (χ2n) is 7.90. The zero-order valence-corrected chi connectivity index (χ0v) is 17.5. The van der Waals surface area contributed by atoms with E-state index in [0.29, 0.717) is 16.9 Å². The van der Waals surface area contributed by atoms with Crippen molar-refractivity contribution in [3.05, 3.63) is 68.1 Å². The van der Waals surface area contributed by atoms with E-state index in [-0.39, 0.29) is 17.8 Å². The van der Waals surface area contributed by atoms with Crippen LogP contribution in [0.3, 0.4) is 0 Å². The highest BCUT2D eigenvalue weighted by Gasteiger charge is 2.20. The predicted molar refractivity (Wildman–Crippen MR) is 114 cm³/mol. The summed E-state index contributed by atoms with van der Waals surface area (Å²) in [6.45, 7) is 5.85. The molecule has 3 aromatic heterocycles. The van der Waals surface area contributed by atoms with Crippen molar-refractivity contribution >= 4 is 16.9 Å². The monoisotopic (exact) mass is 394 g/mol. The second kappa shape index (κ2) is 7.04. The number of hydrogen-bond donors (Lipinski definition) is 0. The summed E-state index contributed by atoms with van der Waals surface area (Å²) in [5.41, 5.74) is 3.23. The maximum absolute atomic E-state index is 13.3. The minimum Gasteiger partial charge on any atom is -0.313 e. The van der Waals surface area contributed by atoms with Gasteiger partial charge in [0.15, 0.2) is 11.2 Å². The van der Waals surface area contributed by atoms with Gasteiger partial charge in [-0.05, 0) is 33.5 Å². The Morgan fingerprint density at radius 1 is 1.03 bits per heavy atom. The molecule has 4 aromatic rings. The number of rotatable bonds is 5. The largest absolute Gasteiger partial charge is 0.332 e. The van der Waals surface area contributed by atoms with Gasteiger partial charge in [0.1, 0.15) is 0 Å². The zero-order chi connectivity index (χ0) is 20.9. The molecule has 0 fully saturated rings. The lowest BCUT2D eigenvalue weighted by molar-refractivity contribution is 0.384. The molecule has 8 nitrogen and oxygen atoms in total. The lowest BCUT2D eigenvalue weighted by Gasteiger charge is -2.11. The van der Waals surface area contributed by atoms with Crippen LogP contribution >= 0.6 is 0 Å². The number of benzene rings is 1. The summed E-state index contributed by atoms with van der Waals surface area (Å²) in [6, 6.07) is 7.85. The van der Waals surface area contributed by atoms with E-state index in [1.54, 1.807) is 7.05 Å². The predicted octanol–water partition coefficient (Wildman–Crippen LogP) is 1.38. The number of hydrogen-bond acceptors (Lipinski definition) is 4. The van der Waals surface area contributed by atoms with Gasteiger partial charge < -0.3 is 9.47 Å². The van der Waals surface area contributed by atoms with E-state index < -0.39 is 0 Å². The van der Waals surface area contributed by atoms with E-state index in [0.717, 1.165) is 29.9 Å².